The number of hydrogen-bond acceptors (Lipinski definition) is 4. The molecule has 0 fully saturated rings. The Morgan fingerprint density at radius 3 is 2.90 bits per heavy atom. The number of halogens is 1. The first kappa shape index (κ1) is 15.6. The predicted octanol–water partition coefficient (Wildman–Crippen LogP) is 2.36. The number of rotatable bonds is 6. The van der Waals surface area contributed by atoms with Gasteiger partial charge in [-0.25, -0.2) is 0 Å². The van der Waals surface area contributed by atoms with Gasteiger partial charge in [0.1, 0.15) is 13.2 Å². The summed E-state index contributed by atoms with van der Waals surface area (Å²) in [5, 5.41) is 3.98. The lowest BCUT2D eigenvalue weighted by molar-refractivity contribution is 0.171. The number of benzene rings is 1. The Morgan fingerprint density at radius 1 is 1.40 bits per heavy atom. The summed E-state index contributed by atoms with van der Waals surface area (Å²) in [7, 11) is -0.737. The van der Waals surface area contributed by atoms with Crippen LogP contribution in [0.15, 0.2) is 12.1 Å². The Balaban J connectivity index is 1.93. The Bertz CT molecular complexity index is 496. The molecule has 2 rings (SSSR count). The first-order valence-electron chi connectivity index (χ1n) is 6.67. The highest BCUT2D eigenvalue weighted by molar-refractivity contribution is 7.84. The molecule has 0 aliphatic carbocycles. The maximum absolute atomic E-state index is 11.1. The average Bonchev–Trinajstić information content (AvgIpc) is 2.43. The molecule has 1 aliphatic heterocycles. The smallest absolute Gasteiger partial charge is 0.179 e. The van der Waals surface area contributed by atoms with Crippen molar-refractivity contribution in [3.8, 4) is 11.5 Å². The summed E-state index contributed by atoms with van der Waals surface area (Å²) in [6.45, 7) is 3.88. The molecule has 4 nitrogen and oxygen atoms in total. The van der Waals surface area contributed by atoms with Crippen molar-refractivity contribution in [2.75, 3.05) is 25.2 Å². The zero-order chi connectivity index (χ0) is 14.5. The quantitative estimate of drug-likeness (QED) is 0.875. The molecular formula is C14H20ClNO3S. The second-order valence-corrected chi connectivity index (χ2v) is 6.91. The summed E-state index contributed by atoms with van der Waals surface area (Å²) < 4.78 is 22.1. The van der Waals surface area contributed by atoms with Gasteiger partial charge >= 0.3 is 0 Å². The molecule has 0 bridgehead atoms. The van der Waals surface area contributed by atoms with E-state index in [0.29, 0.717) is 42.3 Å². The highest BCUT2D eigenvalue weighted by atomic mass is 35.5. The molecule has 1 aromatic rings. The maximum Gasteiger partial charge on any atom is 0.179 e. The van der Waals surface area contributed by atoms with Crippen LogP contribution in [0.4, 0.5) is 0 Å². The largest absolute Gasteiger partial charge is 0.486 e. The third-order valence-corrected chi connectivity index (χ3v) is 4.24. The number of nitrogens with one attached hydrogen (secondary N) is 1. The second-order valence-electron chi connectivity index (χ2n) is 4.95. The first-order chi connectivity index (χ1) is 9.56. The standard InChI is InChI=1S/C14H20ClNO3S/c1-10(3-6-20(2)17)16-9-11-7-12(15)14-13(8-11)18-4-5-19-14/h7-8,10,16H,3-6,9H2,1-2H3. The van der Waals surface area contributed by atoms with Crippen LogP contribution in [0.2, 0.25) is 5.02 Å². The summed E-state index contributed by atoms with van der Waals surface area (Å²) >= 11 is 6.19. The molecule has 1 aromatic carbocycles. The van der Waals surface area contributed by atoms with Crippen molar-refractivity contribution in [2.24, 2.45) is 0 Å². The van der Waals surface area contributed by atoms with Gasteiger partial charge in [0.05, 0.1) is 5.02 Å². The summed E-state index contributed by atoms with van der Waals surface area (Å²) in [6.07, 6.45) is 2.62. The van der Waals surface area contributed by atoms with E-state index in [0.717, 1.165) is 17.7 Å². The van der Waals surface area contributed by atoms with E-state index in [9.17, 15) is 4.21 Å². The van der Waals surface area contributed by atoms with E-state index in [4.69, 9.17) is 21.1 Å². The molecule has 0 saturated carbocycles. The van der Waals surface area contributed by atoms with Gasteiger partial charge in [0.2, 0.25) is 0 Å². The average molecular weight is 318 g/mol. The van der Waals surface area contributed by atoms with Crippen LogP contribution < -0.4 is 14.8 Å². The molecule has 6 heteroatoms. The van der Waals surface area contributed by atoms with Gasteiger partial charge < -0.3 is 14.8 Å². The minimum atomic E-state index is -0.737. The first-order valence-corrected chi connectivity index (χ1v) is 8.78. The van der Waals surface area contributed by atoms with Gasteiger partial charge in [-0.15, -0.1) is 0 Å². The molecule has 2 atom stereocenters. The lowest BCUT2D eigenvalue weighted by Crippen LogP contribution is -2.27. The molecule has 0 saturated heterocycles. The summed E-state index contributed by atoms with van der Waals surface area (Å²) in [6, 6.07) is 4.16. The van der Waals surface area contributed by atoms with Crippen LogP contribution in [0.3, 0.4) is 0 Å². The summed E-state index contributed by atoms with van der Waals surface area (Å²) in [5.41, 5.74) is 1.06. The van der Waals surface area contributed by atoms with Crippen molar-refractivity contribution in [3.05, 3.63) is 22.7 Å². The van der Waals surface area contributed by atoms with Crippen molar-refractivity contribution >= 4 is 22.4 Å². The monoisotopic (exact) mass is 317 g/mol. The summed E-state index contributed by atoms with van der Waals surface area (Å²) in [5.74, 6) is 2.06. The lowest BCUT2D eigenvalue weighted by Gasteiger charge is -2.21. The zero-order valence-corrected chi connectivity index (χ0v) is 13.4. The van der Waals surface area contributed by atoms with E-state index in [1.807, 2.05) is 12.1 Å². The highest BCUT2D eigenvalue weighted by Crippen LogP contribution is 2.38. The SMILES string of the molecule is CC(CCS(C)=O)NCc1cc(Cl)c2c(c1)OCCO2. The Labute approximate surface area is 127 Å². The molecule has 0 amide bonds. The molecule has 0 aromatic heterocycles. The van der Waals surface area contributed by atoms with Crippen molar-refractivity contribution in [1.82, 2.24) is 5.32 Å². The topological polar surface area (TPSA) is 47.6 Å². The third-order valence-electron chi connectivity index (χ3n) is 3.15. The molecule has 20 heavy (non-hydrogen) atoms. The Hall–Kier alpha value is -0.780. The van der Waals surface area contributed by atoms with Crippen LogP contribution >= 0.6 is 11.6 Å². The molecule has 2 unspecified atom stereocenters. The van der Waals surface area contributed by atoms with E-state index in [2.05, 4.69) is 12.2 Å². The van der Waals surface area contributed by atoms with Crippen LogP contribution in [0.25, 0.3) is 0 Å². The fourth-order valence-corrected chi connectivity index (χ4v) is 2.98. The summed E-state index contributed by atoms with van der Waals surface area (Å²) in [4.78, 5) is 0. The van der Waals surface area contributed by atoms with Gasteiger partial charge in [-0.05, 0) is 31.0 Å². The van der Waals surface area contributed by atoms with Crippen molar-refractivity contribution in [1.29, 1.82) is 0 Å². The Kier molecular flexibility index (Phi) is 5.69. The van der Waals surface area contributed by atoms with Crippen LogP contribution in [-0.2, 0) is 17.3 Å². The van der Waals surface area contributed by atoms with E-state index >= 15 is 0 Å². The number of hydrogen-bond donors (Lipinski definition) is 1. The molecule has 0 radical (unpaired) electrons. The fourth-order valence-electron chi connectivity index (χ4n) is 2.00. The van der Waals surface area contributed by atoms with E-state index < -0.39 is 10.8 Å². The third kappa shape index (κ3) is 4.36. The van der Waals surface area contributed by atoms with Crippen LogP contribution in [0, 0.1) is 0 Å². The van der Waals surface area contributed by atoms with Gasteiger partial charge in [0.15, 0.2) is 11.5 Å². The van der Waals surface area contributed by atoms with Gasteiger partial charge in [-0.3, -0.25) is 4.21 Å². The van der Waals surface area contributed by atoms with Crippen LogP contribution in [0.5, 0.6) is 11.5 Å². The molecular weight excluding hydrogens is 298 g/mol. The predicted molar refractivity (Wildman–Crippen MR) is 82.3 cm³/mol. The van der Waals surface area contributed by atoms with Crippen LogP contribution in [-0.4, -0.2) is 35.5 Å². The van der Waals surface area contributed by atoms with Crippen LogP contribution in [0.1, 0.15) is 18.9 Å². The minimum Gasteiger partial charge on any atom is -0.486 e. The molecule has 1 heterocycles. The van der Waals surface area contributed by atoms with Gasteiger partial charge in [-0.2, -0.15) is 0 Å². The molecule has 0 spiro atoms. The minimum absolute atomic E-state index is 0.311. The van der Waals surface area contributed by atoms with Gasteiger partial charge in [-0.1, -0.05) is 11.6 Å². The van der Waals surface area contributed by atoms with Crippen molar-refractivity contribution in [2.45, 2.75) is 25.9 Å². The highest BCUT2D eigenvalue weighted by Gasteiger charge is 2.16. The van der Waals surface area contributed by atoms with E-state index in [-0.39, 0.29) is 0 Å². The van der Waals surface area contributed by atoms with Crippen molar-refractivity contribution < 1.29 is 13.7 Å². The molecule has 1 aliphatic rings. The van der Waals surface area contributed by atoms with E-state index in [1.165, 1.54) is 0 Å². The Morgan fingerprint density at radius 2 is 2.15 bits per heavy atom. The fraction of sp³-hybridized carbons (Fsp3) is 0.571. The molecule has 112 valence electrons. The molecule has 1 N–H and O–H groups in total. The van der Waals surface area contributed by atoms with E-state index in [1.54, 1.807) is 6.26 Å². The number of fused-ring (bicyclic) bond motifs is 1. The normalized spacial score (nSPS) is 16.8. The number of ether oxygens (including phenoxy) is 2. The van der Waals surface area contributed by atoms with Gasteiger partial charge in [0.25, 0.3) is 0 Å². The zero-order valence-electron chi connectivity index (χ0n) is 11.8. The lowest BCUT2D eigenvalue weighted by atomic mass is 10.1. The second kappa shape index (κ2) is 7.29. The van der Waals surface area contributed by atoms with Gasteiger partial charge in [0, 0.05) is 35.4 Å². The van der Waals surface area contributed by atoms with Crippen molar-refractivity contribution in [3.63, 3.8) is 0 Å². The maximum atomic E-state index is 11.1.